The lowest BCUT2D eigenvalue weighted by molar-refractivity contribution is 0.444. The molecule has 0 saturated heterocycles. The summed E-state index contributed by atoms with van der Waals surface area (Å²) in [4.78, 5) is 0. The fourth-order valence-corrected chi connectivity index (χ4v) is 2.58. The van der Waals surface area contributed by atoms with Crippen LogP contribution in [0.2, 0.25) is 0 Å². The van der Waals surface area contributed by atoms with E-state index in [0.29, 0.717) is 12.5 Å². The first-order valence-electron chi connectivity index (χ1n) is 7.54. The highest BCUT2D eigenvalue weighted by atomic mass is 16.3. The molecule has 2 heterocycles. The van der Waals surface area contributed by atoms with Gasteiger partial charge in [0.15, 0.2) is 11.5 Å². The molecule has 2 N–H and O–H groups in total. The van der Waals surface area contributed by atoms with Crippen LogP contribution >= 0.6 is 0 Å². The Kier molecular flexibility index (Phi) is 3.14. The van der Waals surface area contributed by atoms with Crippen molar-refractivity contribution in [2.45, 2.75) is 31.7 Å². The molecule has 1 fully saturated rings. The van der Waals surface area contributed by atoms with Crippen LogP contribution in [-0.4, -0.2) is 31.0 Å². The molecule has 0 atom stereocenters. The van der Waals surface area contributed by atoms with Gasteiger partial charge >= 0.3 is 0 Å². The number of nitrogens with zero attached hydrogens (tertiary/aromatic N) is 4. The van der Waals surface area contributed by atoms with Crippen LogP contribution in [0.1, 0.15) is 30.7 Å². The Labute approximate surface area is 127 Å². The molecule has 1 aliphatic rings. The summed E-state index contributed by atoms with van der Waals surface area (Å²) in [6, 6.07) is 11.5. The van der Waals surface area contributed by atoms with Gasteiger partial charge in [-0.1, -0.05) is 12.1 Å². The molecule has 3 aromatic rings. The molecule has 2 aromatic heterocycles. The normalized spacial score (nSPS) is 14.9. The zero-order valence-electron chi connectivity index (χ0n) is 12.1. The molecule has 22 heavy (non-hydrogen) atoms. The number of nitrogens with one attached hydrogen (secondary N) is 1. The molecule has 0 amide bonds. The Balaban J connectivity index is 1.62. The van der Waals surface area contributed by atoms with E-state index >= 15 is 0 Å². The summed E-state index contributed by atoms with van der Waals surface area (Å²) in [6.07, 6.45) is 4.34. The maximum Gasteiger partial charge on any atom is 0.178 e. The van der Waals surface area contributed by atoms with Crippen molar-refractivity contribution >= 4 is 11.5 Å². The van der Waals surface area contributed by atoms with Gasteiger partial charge < -0.3 is 10.4 Å². The molecule has 1 aromatic carbocycles. The molecular weight excluding hydrogens is 278 g/mol. The maximum atomic E-state index is 9.35. The first-order valence-corrected chi connectivity index (χ1v) is 7.54. The van der Waals surface area contributed by atoms with E-state index in [4.69, 9.17) is 0 Å². The molecule has 0 bridgehead atoms. The molecule has 0 spiro atoms. The average molecular weight is 295 g/mol. The monoisotopic (exact) mass is 295 g/mol. The van der Waals surface area contributed by atoms with Crippen LogP contribution in [0.4, 0.5) is 5.82 Å². The van der Waals surface area contributed by atoms with Crippen LogP contribution < -0.4 is 5.32 Å². The summed E-state index contributed by atoms with van der Waals surface area (Å²) < 4.78 is 1.79. The van der Waals surface area contributed by atoms with Crippen LogP contribution in [0.15, 0.2) is 36.4 Å². The Bertz CT molecular complexity index is 792. The maximum absolute atomic E-state index is 9.35. The SMILES string of the molecule is Oc1ccc(Cc2nnc3ccc(NC4CCC4)nn23)cc1. The summed E-state index contributed by atoms with van der Waals surface area (Å²) in [7, 11) is 0. The number of benzene rings is 1. The van der Waals surface area contributed by atoms with E-state index in [0.717, 1.165) is 22.9 Å². The Morgan fingerprint density at radius 3 is 2.64 bits per heavy atom. The average Bonchev–Trinajstić information content (AvgIpc) is 2.88. The molecule has 0 unspecified atom stereocenters. The Hall–Kier alpha value is -2.63. The third kappa shape index (κ3) is 2.47. The van der Waals surface area contributed by atoms with Crippen molar-refractivity contribution < 1.29 is 5.11 Å². The number of anilines is 1. The van der Waals surface area contributed by atoms with E-state index in [-0.39, 0.29) is 5.75 Å². The van der Waals surface area contributed by atoms with Gasteiger partial charge in [0.2, 0.25) is 0 Å². The van der Waals surface area contributed by atoms with Gasteiger partial charge in [0.05, 0.1) is 0 Å². The molecule has 6 heteroatoms. The molecule has 0 radical (unpaired) electrons. The van der Waals surface area contributed by atoms with E-state index in [1.165, 1.54) is 19.3 Å². The quantitative estimate of drug-likeness (QED) is 0.773. The zero-order valence-corrected chi connectivity index (χ0v) is 12.1. The van der Waals surface area contributed by atoms with Crippen molar-refractivity contribution in [1.29, 1.82) is 0 Å². The fourth-order valence-electron chi connectivity index (χ4n) is 2.58. The van der Waals surface area contributed by atoms with Gasteiger partial charge in [-0.15, -0.1) is 15.3 Å². The zero-order chi connectivity index (χ0) is 14.9. The number of hydrogen-bond donors (Lipinski definition) is 2. The highest BCUT2D eigenvalue weighted by molar-refractivity contribution is 5.45. The van der Waals surface area contributed by atoms with Crippen molar-refractivity contribution in [2.24, 2.45) is 0 Å². The number of hydrogen-bond acceptors (Lipinski definition) is 5. The summed E-state index contributed by atoms with van der Waals surface area (Å²) in [5.74, 6) is 1.92. The molecule has 6 nitrogen and oxygen atoms in total. The molecule has 1 aliphatic carbocycles. The number of rotatable bonds is 4. The predicted molar refractivity (Wildman–Crippen MR) is 83.0 cm³/mol. The van der Waals surface area contributed by atoms with Crippen LogP contribution in [-0.2, 0) is 6.42 Å². The van der Waals surface area contributed by atoms with Crippen LogP contribution in [0.3, 0.4) is 0 Å². The highest BCUT2D eigenvalue weighted by Gasteiger charge is 2.18. The molecule has 0 aliphatic heterocycles. The minimum Gasteiger partial charge on any atom is -0.508 e. The number of aromatic nitrogens is 4. The van der Waals surface area contributed by atoms with Gasteiger partial charge in [0, 0.05) is 12.5 Å². The lowest BCUT2D eigenvalue weighted by atomic mass is 9.93. The lowest BCUT2D eigenvalue weighted by Crippen LogP contribution is -2.27. The molecular formula is C16H17N5O. The first-order chi connectivity index (χ1) is 10.8. The smallest absolute Gasteiger partial charge is 0.178 e. The predicted octanol–water partition coefficient (Wildman–Crippen LogP) is 2.39. The van der Waals surface area contributed by atoms with E-state index in [2.05, 4.69) is 20.6 Å². The summed E-state index contributed by atoms with van der Waals surface area (Å²) in [5, 5.41) is 25.8. The second-order valence-electron chi connectivity index (χ2n) is 5.72. The van der Waals surface area contributed by atoms with Gasteiger partial charge in [-0.3, -0.25) is 0 Å². The van der Waals surface area contributed by atoms with Crippen molar-refractivity contribution in [2.75, 3.05) is 5.32 Å². The highest BCUT2D eigenvalue weighted by Crippen LogP contribution is 2.22. The molecule has 1 saturated carbocycles. The van der Waals surface area contributed by atoms with E-state index in [1.54, 1.807) is 16.6 Å². The van der Waals surface area contributed by atoms with Crippen molar-refractivity contribution in [3.63, 3.8) is 0 Å². The summed E-state index contributed by atoms with van der Waals surface area (Å²) >= 11 is 0. The second-order valence-corrected chi connectivity index (χ2v) is 5.72. The van der Waals surface area contributed by atoms with Crippen molar-refractivity contribution in [3.8, 4) is 5.75 Å². The number of phenols is 1. The van der Waals surface area contributed by atoms with Gasteiger partial charge in [0.1, 0.15) is 11.6 Å². The van der Waals surface area contributed by atoms with Crippen molar-refractivity contribution in [3.05, 3.63) is 47.8 Å². The topological polar surface area (TPSA) is 75.3 Å². The second kappa shape index (κ2) is 5.29. The lowest BCUT2D eigenvalue weighted by Gasteiger charge is -2.26. The van der Waals surface area contributed by atoms with Gasteiger partial charge in [-0.2, -0.15) is 4.52 Å². The largest absolute Gasteiger partial charge is 0.508 e. The third-order valence-corrected chi connectivity index (χ3v) is 4.08. The van der Waals surface area contributed by atoms with Crippen LogP contribution in [0.5, 0.6) is 5.75 Å². The summed E-state index contributed by atoms with van der Waals surface area (Å²) in [5.41, 5.74) is 1.80. The first kappa shape index (κ1) is 13.1. The Morgan fingerprint density at radius 2 is 1.91 bits per heavy atom. The van der Waals surface area contributed by atoms with Gasteiger partial charge in [-0.05, 0) is 49.1 Å². The van der Waals surface area contributed by atoms with E-state index in [9.17, 15) is 5.11 Å². The Morgan fingerprint density at radius 1 is 1.09 bits per heavy atom. The van der Waals surface area contributed by atoms with Crippen molar-refractivity contribution in [1.82, 2.24) is 19.8 Å². The van der Waals surface area contributed by atoms with Gasteiger partial charge in [0.25, 0.3) is 0 Å². The van der Waals surface area contributed by atoms with E-state index in [1.807, 2.05) is 24.3 Å². The third-order valence-electron chi connectivity index (χ3n) is 4.08. The van der Waals surface area contributed by atoms with Crippen LogP contribution in [0, 0.1) is 0 Å². The minimum absolute atomic E-state index is 0.264. The minimum atomic E-state index is 0.264. The number of phenolic OH excluding ortho intramolecular Hbond substituents is 1. The number of aromatic hydroxyl groups is 1. The molecule has 112 valence electrons. The number of fused-ring (bicyclic) bond motifs is 1. The van der Waals surface area contributed by atoms with E-state index < -0.39 is 0 Å². The molecule has 4 rings (SSSR count). The summed E-state index contributed by atoms with van der Waals surface area (Å²) in [6.45, 7) is 0. The van der Waals surface area contributed by atoms with Gasteiger partial charge in [-0.25, -0.2) is 0 Å². The van der Waals surface area contributed by atoms with Crippen LogP contribution in [0.25, 0.3) is 5.65 Å². The standard InChI is InChI=1S/C16H17N5O/c22-13-6-4-11(5-7-13)10-16-19-18-15-9-8-14(20-21(15)16)17-12-2-1-3-12/h4-9,12,22H,1-3,10H2,(H,17,20). The fraction of sp³-hybridized carbons (Fsp3) is 0.312.